The Hall–Kier alpha value is -1.58. The first-order valence-corrected chi connectivity index (χ1v) is 3.10. The van der Waals surface area contributed by atoms with Crippen LogP contribution in [-0.4, -0.2) is 15.3 Å². The van der Waals surface area contributed by atoms with Crippen molar-refractivity contribution in [1.29, 1.82) is 0 Å². The largest absolute Gasteiger partial charge is 0.508 e. The fourth-order valence-corrected chi connectivity index (χ4v) is 0.967. The van der Waals surface area contributed by atoms with Crippen LogP contribution in [0.4, 0.5) is 4.39 Å². The molecule has 4 heteroatoms. The van der Waals surface area contributed by atoms with Crippen LogP contribution < -0.4 is 0 Å². The summed E-state index contributed by atoms with van der Waals surface area (Å²) in [5.41, 5.74) is 0.514. The summed E-state index contributed by atoms with van der Waals surface area (Å²) in [5.74, 6) is -0.478. The second kappa shape index (κ2) is 1.95. The lowest BCUT2D eigenvalue weighted by atomic mass is 10.2. The molecule has 0 unspecified atom stereocenters. The monoisotopic (exact) mass is 152 g/mol. The molecule has 0 aliphatic carbocycles. The van der Waals surface area contributed by atoms with E-state index in [0.717, 1.165) is 0 Å². The number of halogens is 1. The van der Waals surface area contributed by atoms with Gasteiger partial charge in [-0.3, -0.25) is 5.10 Å². The molecule has 0 amide bonds. The van der Waals surface area contributed by atoms with Gasteiger partial charge >= 0.3 is 0 Å². The third kappa shape index (κ3) is 0.832. The summed E-state index contributed by atoms with van der Waals surface area (Å²) in [6.45, 7) is 0. The highest BCUT2D eigenvalue weighted by atomic mass is 19.1. The summed E-state index contributed by atoms with van der Waals surface area (Å²) < 4.78 is 12.7. The number of H-pyrrole nitrogens is 1. The van der Waals surface area contributed by atoms with Crippen molar-refractivity contribution in [3.8, 4) is 5.75 Å². The number of phenols is 1. The Morgan fingerprint density at radius 3 is 3.09 bits per heavy atom. The van der Waals surface area contributed by atoms with Crippen LogP contribution in [0.3, 0.4) is 0 Å². The minimum atomic E-state index is -0.518. The molecule has 2 N–H and O–H groups in total. The van der Waals surface area contributed by atoms with Crippen LogP contribution in [0.2, 0.25) is 0 Å². The molecule has 0 spiro atoms. The molecule has 0 aliphatic rings. The van der Waals surface area contributed by atoms with Gasteiger partial charge in [-0.25, -0.2) is 0 Å². The van der Waals surface area contributed by atoms with Gasteiger partial charge in [0.15, 0.2) is 0 Å². The van der Waals surface area contributed by atoms with E-state index in [1.807, 2.05) is 0 Å². The Morgan fingerprint density at radius 1 is 1.45 bits per heavy atom. The molecule has 0 bridgehead atoms. The molecule has 0 atom stereocenters. The molecular formula is C7H5FN2O. The van der Waals surface area contributed by atoms with Crippen molar-refractivity contribution in [3.05, 3.63) is 24.1 Å². The van der Waals surface area contributed by atoms with Crippen LogP contribution in [0.5, 0.6) is 5.75 Å². The molecule has 0 fully saturated rings. The molecule has 0 saturated heterocycles. The standard InChI is InChI=1S/C7H5FN2O/c8-7-5-3-4(11)1-2-6(5)9-10-7/h1-3,11H,(H,9,10). The Bertz CT molecular complexity index is 396. The second-order valence-electron chi connectivity index (χ2n) is 2.24. The van der Waals surface area contributed by atoms with Gasteiger partial charge in [0.2, 0.25) is 5.95 Å². The van der Waals surface area contributed by atoms with Crippen molar-refractivity contribution >= 4 is 10.9 Å². The molecule has 1 aromatic carbocycles. The lowest BCUT2D eigenvalue weighted by Gasteiger charge is -1.88. The predicted octanol–water partition coefficient (Wildman–Crippen LogP) is 1.41. The Balaban J connectivity index is 2.87. The van der Waals surface area contributed by atoms with Crippen molar-refractivity contribution < 1.29 is 9.50 Å². The van der Waals surface area contributed by atoms with Gasteiger partial charge in [0, 0.05) is 0 Å². The smallest absolute Gasteiger partial charge is 0.216 e. The van der Waals surface area contributed by atoms with Crippen LogP contribution in [0.25, 0.3) is 10.9 Å². The van der Waals surface area contributed by atoms with E-state index in [9.17, 15) is 4.39 Å². The van der Waals surface area contributed by atoms with Crippen LogP contribution >= 0.6 is 0 Å². The van der Waals surface area contributed by atoms with Gasteiger partial charge < -0.3 is 5.11 Å². The van der Waals surface area contributed by atoms with E-state index in [-0.39, 0.29) is 5.75 Å². The second-order valence-corrected chi connectivity index (χ2v) is 2.24. The number of nitrogens with zero attached hydrogens (tertiary/aromatic N) is 1. The van der Waals surface area contributed by atoms with Gasteiger partial charge in [-0.1, -0.05) is 0 Å². The molecular weight excluding hydrogens is 147 g/mol. The molecule has 1 aromatic heterocycles. The number of benzene rings is 1. The summed E-state index contributed by atoms with van der Waals surface area (Å²) in [4.78, 5) is 0. The highest BCUT2D eigenvalue weighted by Gasteiger charge is 2.03. The highest BCUT2D eigenvalue weighted by molar-refractivity contribution is 5.79. The first-order chi connectivity index (χ1) is 5.27. The Morgan fingerprint density at radius 2 is 2.27 bits per heavy atom. The van der Waals surface area contributed by atoms with Gasteiger partial charge in [0.05, 0.1) is 10.9 Å². The van der Waals surface area contributed by atoms with Crippen LogP contribution in [0, 0.1) is 5.95 Å². The van der Waals surface area contributed by atoms with E-state index < -0.39 is 5.95 Å². The molecule has 2 rings (SSSR count). The van der Waals surface area contributed by atoms with Crippen molar-refractivity contribution in [2.75, 3.05) is 0 Å². The fourth-order valence-electron chi connectivity index (χ4n) is 0.967. The van der Waals surface area contributed by atoms with E-state index >= 15 is 0 Å². The molecule has 56 valence electrons. The van der Waals surface area contributed by atoms with E-state index in [2.05, 4.69) is 10.2 Å². The zero-order valence-corrected chi connectivity index (χ0v) is 5.50. The summed E-state index contributed by atoms with van der Waals surface area (Å²) >= 11 is 0. The molecule has 3 nitrogen and oxygen atoms in total. The van der Waals surface area contributed by atoms with Gasteiger partial charge in [0.25, 0.3) is 0 Å². The van der Waals surface area contributed by atoms with Crippen molar-refractivity contribution in [3.63, 3.8) is 0 Å². The number of aromatic nitrogens is 2. The van der Waals surface area contributed by atoms with Crippen molar-refractivity contribution in [1.82, 2.24) is 10.2 Å². The summed E-state index contributed by atoms with van der Waals surface area (Å²) in [5, 5.41) is 15.1. The van der Waals surface area contributed by atoms with E-state index in [1.165, 1.54) is 12.1 Å². The molecule has 0 aliphatic heterocycles. The van der Waals surface area contributed by atoms with Crippen LogP contribution in [-0.2, 0) is 0 Å². The number of rotatable bonds is 0. The molecule has 0 saturated carbocycles. The Labute approximate surface area is 61.5 Å². The van der Waals surface area contributed by atoms with E-state index in [4.69, 9.17) is 5.11 Å². The van der Waals surface area contributed by atoms with Crippen LogP contribution in [0.15, 0.2) is 18.2 Å². The third-order valence-electron chi connectivity index (χ3n) is 1.49. The molecule has 0 radical (unpaired) electrons. The quantitative estimate of drug-likeness (QED) is 0.599. The first kappa shape index (κ1) is 6.15. The molecule has 2 aromatic rings. The normalized spacial score (nSPS) is 10.6. The summed E-state index contributed by atoms with van der Waals surface area (Å²) in [7, 11) is 0. The van der Waals surface area contributed by atoms with Gasteiger partial charge in [-0.05, 0) is 18.2 Å². The van der Waals surface area contributed by atoms with Crippen molar-refractivity contribution in [2.24, 2.45) is 0 Å². The number of hydrogen-bond acceptors (Lipinski definition) is 2. The third-order valence-corrected chi connectivity index (χ3v) is 1.49. The maximum atomic E-state index is 12.7. The van der Waals surface area contributed by atoms with Crippen LogP contribution in [0.1, 0.15) is 0 Å². The van der Waals surface area contributed by atoms with Crippen molar-refractivity contribution in [2.45, 2.75) is 0 Å². The van der Waals surface area contributed by atoms with Gasteiger partial charge in [-0.15, -0.1) is 0 Å². The first-order valence-electron chi connectivity index (χ1n) is 3.10. The average Bonchev–Trinajstić information content (AvgIpc) is 2.33. The topological polar surface area (TPSA) is 48.9 Å². The zero-order chi connectivity index (χ0) is 7.84. The number of aromatic hydroxyl groups is 1. The summed E-state index contributed by atoms with van der Waals surface area (Å²) in [6, 6.07) is 4.33. The SMILES string of the molecule is Oc1ccc2n[nH]c(F)c2c1. The maximum Gasteiger partial charge on any atom is 0.216 e. The molecule has 1 heterocycles. The number of fused-ring (bicyclic) bond motifs is 1. The maximum absolute atomic E-state index is 12.7. The lowest BCUT2D eigenvalue weighted by molar-refractivity contribution is 0.476. The summed E-state index contributed by atoms with van der Waals surface area (Å²) in [6.07, 6.45) is 0. The lowest BCUT2D eigenvalue weighted by Crippen LogP contribution is -1.70. The van der Waals surface area contributed by atoms with Gasteiger partial charge in [0.1, 0.15) is 5.75 Å². The zero-order valence-electron chi connectivity index (χ0n) is 5.50. The Kier molecular flexibility index (Phi) is 1.09. The number of hydrogen-bond donors (Lipinski definition) is 2. The molecule has 11 heavy (non-hydrogen) atoms. The minimum Gasteiger partial charge on any atom is -0.508 e. The highest BCUT2D eigenvalue weighted by Crippen LogP contribution is 2.19. The average molecular weight is 152 g/mol. The van der Waals surface area contributed by atoms with Gasteiger partial charge in [-0.2, -0.15) is 9.49 Å². The minimum absolute atomic E-state index is 0.0396. The number of nitrogens with one attached hydrogen (secondary N) is 1. The number of phenolic OH excluding ortho intramolecular Hbond substituents is 1. The van der Waals surface area contributed by atoms with E-state index in [1.54, 1.807) is 6.07 Å². The number of aromatic amines is 1. The predicted molar refractivity (Wildman–Crippen MR) is 37.7 cm³/mol. The van der Waals surface area contributed by atoms with E-state index in [0.29, 0.717) is 10.9 Å². The fraction of sp³-hybridized carbons (Fsp3) is 0.